The zero-order chi connectivity index (χ0) is 16.9. The van der Waals surface area contributed by atoms with Crippen LogP contribution in [0.1, 0.15) is 58.8 Å². The summed E-state index contributed by atoms with van der Waals surface area (Å²) in [6.07, 6.45) is 6.65. The van der Waals surface area contributed by atoms with E-state index in [2.05, 4.69) is 19.9 Å². The lowest BCUT2D eigenvalue weighted by Gasteiger charge is -2.58. The lowest BCUT2D eigenvalue weighted by molar-refractivity contribution is -0.116. The van der Waals surface area contributed by atoms with Crippen LogP contribution in [-0.4, -0.2) is 28.0 Å². The molecule has 4 aliphatic carbocycles. The van der Waals surface area contributed by atoms with Gasteiger partial charge in [0.25, 0.3) is 0 Å². The molecule has 2 N–H and O–H groups in total. The molecule has 1 saturated heterocycles. The molecule has 0 amide bonds. The summed E-state index contributed by atoms with van der Waals surface area (Å²) < 4.78 is 6.11. The van der Waals surface area contributed by atoms with Crippen molar-refractivity contribution in [3.8, 4) is 6.07 Å². The highest BCUT2D eigenvalue weighted by Crippen LogP contribution is 2.73. The van der Waals surface area contributed by atoms with E-state index in [0.717, 1.165) is 38.5 Å². The van der Waals surface area contributed by atoms with Gasteiger partial charge in [0.15, 0.2) is 0 Å². The molecule has 0 radical (unpaired) electrons. The number of nitrogens with zero attached hydrogens (tertiary/aromatic N) is 1. The fourth-order valence-corrected chi connectivity index (χ4v) is 7.50. The summed E-state index contributed by atoms with van der Waals surface area (Å²) in [4.78, 5) is 0. The van der Waals surface area contributed by atoms with Crippen LogP contribution in [0.4, 0.5) is 0 Å². The van der Waals surface area contributed by atoms with Crippen LogP contribution in [-0.2, 0) is 4.74 Å². The van der Waals surface area contributed by atoms with Crippen molar-refractivity contribution in [3.05, 3.63) is 11.3 Å². The molecule has 1 spiro atoms. The quantitative estimate of drug-likeness (QED) is 0.667. The van der Waals surface area contributed by atoms with Gasteiger partial charge >= 0.3 is 0 Å². The molecule has 0 aromatic rings. The average molecular weight is 329 g/mol. The maximum absolute atomic E-state index is 10.5. The van der Waals surface area contributed by atoms with Gasteiger partial charge in [0.05, 0.1) is 17.7 Å². The number of nitriles is 1. The number of hydrogen-bond acceptors (Lipinski definition) is 4. The van der Waals surface area contributed by atoms with Gasteiger partial charge in [-0.25, -0.2) is 0 Å². The molecule has 3 saturated carbocycles. The van der Waals surface area contributed by atoms with Gasteiger partial charge in [0.2, 0.25) is 0 Å². The highest BCUT2D eigenvalue weighted by molar-refractivity contribution is 5.41. The third kappa shape index (κ3) is 1.48. The smallest absolute Gasteiger partial charge is 0.146 e. The molecule has 1 aliphatic heterocycles. The lowest BCUT2D eigenvalue weighted by Crippen LogP contribution is -2.57. The SMILES string of the molecule is C[C@]12CC[C@H]3[C@@H](CC[C@@]45O[C@H]4C(O)=C(C#N)C[C@]35C)[C@@H]1CC[C@H]2O. The molecule has 8 atom stereocenters. The van der Waals surface area contributed by atoms with Crippen LogP contribution in [0.2, 0.25) is 0 Å². The van der Waals surface area contributed by atoms with E-state index >= 15 is 0 Å². The van der Waals surface area contributed by atoms with Crippen LogP contribution in [0.3, 0.4) is 0 Å². The Morgan fingerprint density at radius 3 is 2.67 bits per heavy atom. The number of hydrogen-bond donors (Lipinski definition) is 2. The molecule has 4 heteroatoms. The monoisotopic (exact) mass is 329 g/mol. The van der Waals surface area contributed by atoms with Gasteiger partial charge in [0.1, 0.15) is 17.5 Å². The van der Waals surface area contributed by atoms with E-state index in [1.807, 2.05) is 0 Å². The largest absolute Gasteiger partial charge is 0.508 e. The average Bonchev–Trinajstić information content (AvgIpc) is 3.23. The lowest BCUT2D eigenvalue weighted by atomic mass is 9.45. The summed E-state index contributed by atoms with van der Waals surface area (Å²) in [6.45, 7) is 4.60. The Balaban J connectivity index is 1.55. The van der Waals surface area contributed by atoms with Gasteiger partial charge in [0, 0.05) is 5.41 Å². The molecule has 5 rings (SSSR count). The number of aliphatic hydroxyl groups is 2. The van der Waals surface area contributed by atoms with Crippen molar-refractivity contribution in [1.29, 1.82) is 5.26 Å². The van der Waals surface area contributed by atoms with Gasteiger partial charge in [-0.3, -0.25) is 0 Å². The standard InChI is InChI=1S/C20H27NO3/c1-18-7-6-14-12(13(18)3-4-15(18)22)5-8-20-17(24-20)16(23)11(10-21)9-19(14,20)2/h12-15,17,22-23H,3-9H2,1-2H3/t12-,13-,14-,15+,17-,18-,19+,20+/m0/s1. The first-order valence-corrected chi connectivity index (χ1v) is 9.55. The van der Waals surface area contributed by atoms with Crippen molar-refractivity contribution in [2.75, 3.05) is 0 Å². The summed E-state index contributed by atoms with van der Waals surface area (Å²) >= 11 is 0. The Morgan fingerprint density at radius 1 is 1.12 bits per heavy atom. The Kier molecular flexibility index (Phi) is 2.77. The normalized spacial score (nSPS) is 58.2. The first-order chi connectivity index (χ1) is 11.4. The minimum absolute atomic E-state index is 0.0489. The third-order valence-corrected chi connectivity index (χ3v) is 8.95. The van der Waals surface area contributed by atoms with Crippen LogP contribution in [0.25, 0.3) is 0 Å². The van der Waals surface area contributed by atoms with Crippen LogP contribution < -0.4 is 0 Å². The van der Waals surface area contributed by atoms with Crippen molar-refractivity contribution >= 4 is 0 Å². The molecule has 4 fully saturated rings. The summed E-state index contributed by atoms with van der Waals surface area (Å²) in [5, 5.41) is 30.4. The summed E-state index contributed by atoms with van der Waals surface area (Å²) in [6, 6.07) is 2.23. The first-order valence-electron chi connectivity index (χ1n) is 9.55. The second-order valence-corrected chi connectivity index (χ2v) is 9.51. The molecule has 130 valence electrons. The zero-order valence-electron chi connectivity index (χ0n) is 14.6. The van der Waals surface area contributed by atoms with Crippen molar-refractivity contribution < 1.29 is 14.9 Å². The molecule has 24 heavy (non-hydrogen) atoms. The van der Waals surface area contributed by atoms with E-state index in [1.165, 1.54) is 0 Å². The van der Waals surface area contributed by atoms with Gasteiger partial charge in [-0.1, -0.05) is 13.8 Å². The topological polar surface area (TPSA) is 76.8 Å². The Morgan fingerprint density at radius 2 is 1.92 bits per heavy atom. The second-order valence-electron chi connectivity index (χ2n) is 9.51. The molecular weight excluding hydrogens is 302 g/mol. The van der Waals surface area contributed by atoms with Crippen molar-refractivity contribution in [2.45, 2.75) is 76.6 Å². The highest BCUT2D eigenvalue weighted by atomic mass is 16.6. The molecule has 5 aliphatic rings. The van der Waals surface area contributed by atoms with E-state index in [4.69, 9.17) is 4.74 Å². The molecule has 0 aromatic carbocycles. The highest BCUT2D eigenvalue weighted by Gasteiger charge is 2.76. The van der Waals surface area contributed by atoms with E-state index in [-0.39, 0.29) is 34.4 Å². The summed E-state index contributed by atoms with van der Waals surface area (Å²) in [5.41, 5.74) is 0.336. The number of fused-ring (bicyclic) bond motifs is 4. The van der Waals surface area contributed by atoms with Crippen molar-refractivity contribution in [1.82, 2.24) is 0 Å². The van der Waals surface area contributed by atoms with Gasteiger partial charge in [-0.2, -0.15) is 5.26 Å². The number of ether oxygens (including phenoxy) is 1. The predicted octanol–water partition coefficient (Wildman–Crippen LogP) is 3.47. The molecule has 0 bridgehead atoms. The van der Waals surface area contributed by atoms with Crippen LogP contribution in [0, 0.1) is 39.9 Å². The summed E-state index contributed by atoms with van der Waals surface area (Å²) in [5.74, 6) is 1.96. The van der Waals surface area contributed by atoms with E-state index < -0.39 is 0 Å². The Hall–Kier alpha value is -1.05. The van der Waals surface area contributed by atoms with E-state index in [0.29, 0.717) is 29.7 Å². The van der Waals surface area contributed by atoms with Crippen LogP contribution >= 0.6 is 0 Å². The number of allylic oxidation sites excluding steroid dienone is 1. The first kappa shape index (κ1) is 15.2. The van der Waals surface area contributed by atoms with Gasteiger partial charge in [-0.15, -0.1) is 0 Å². The number of rotatable bonds is 0. The van der Waals surface area contributed by atoms with Crippen molar-refractivity contribution in [3.63, 3.8) is 0 Å². The molecule has 0 aromatic heterocycles. The molecular formula is C20H27NO3. The van der Waals surface area contributed by atoms with E-state index in [1.54, 1.807) is 0 Å². The van der Waals surface area contributed by atoms with Gasteiger partial charge in [-0.05, 0) is 68.1 Å². The zero-order valence-corrected chi connectivity index (χ0v) is 14.6. The van der Waals surface area contributed by atoms with E-state index in [9.17, 15) is 15.5 Å². The Bertz CT molecular complexity index is 681. The maximum Gasteiger partial charge on any atom is 0.146 e. The minimum Gasteiger partial charge on any atom is -0.508 e. The fourth-order valence-electron chi connectivity index (χ4n) is 7.50. The molecule has 0 unspecified atom stereocenters. The minimum atomic E-state index is -0.241. The summed E-state index contributed by atoms with van der Waals surface area (Å²) in [7, 11) is 0. The number of epoxide rings is 1. The Labute approximate surface area is 143 Å². The number of aliphatic hydroxyl groups excluding tert-OH is 2. The predicted molar refractivity (Wildman–Crippen MR) is 87.9 cm³/mol. The van der Waals surface area contributed by atoms with Crippen molar-refractivity contribution in [2.24, 2.45) is 28.6 Å². The second kappa shape index (κ2) is 4.37. The molecule has 4 nitrogen and oxygen atoms in total. The fraction of sp³-hybridized carbons (Fsp3) is 0.850. The van der Waals surface area contributed by atoms with Gasteiger partial charge < -0.3 is 14.9 Å². The van der Waals surface area contributed by atoms with Crippen LogP contribution in [0.5, 0.6) is 0 Å². The third-order valence-electron chi connectivity index (χ3n) is 8.95. The van der Waals surface area contributed by atoms with Crippen LogP contribution in [0.15, 0.2) is 11.3 Å². The maximum atomic E-state index is 10.5. The molecule has 1 heterocycles.